The summed E-state index contributed by atoms with van der Waals surface area (Å²) in [7, 11) is -2.05. The summed E-state index contributed by atoms with van der Waals surface area (Å²) in [5.41, 5.74) is 1.66. The van der Waals surface area contributed by atoms with Gasteiger partial charge in [-0.15, -0.1) is 0 Å². The van der Waals surface area contributed by atoms with Crippen LogP contribution in [0.3, 0.4) is 0 Å². The second-order valence-electron chi connectivity index (χ2n) is 5.19. The maximum absolute atomic E-state index is 13.0. The zero-order chi connectivity index (χ0) is 17.0. The van der Waals surface area contributed by atoms with Crippen LogP contribution in [0.5, 0.6) is 0 Å². The first kappa shape index (κ1) is 17.1. The molecule has 0 radical (unpaired) electrons. The SMILES string of the molecule is Cc1nn(C)c(C)c1S(=O)(=O)N(CCC#N)Cc1ccccn1. The monoisotopic (exact) mass is 333 g/mol. The molecule has 0 bridgehead atoms. The van der Waals surface area contributed by atoms with Crippen LogP contribution in [0.25, 0.3) is 0 Å². The molecule has 0 aliphatic rings. The number of rotatable bonds is 6. The van der Waals surface area contributed by atoms with Crippen molar-refractivity contribution in [3.05, 3.63) is 41.5 Å². The largest absolute Gasteiger partial charge is 0.271 e. The van der Waals surface area contributed by atoms with Crippen LogP contribution in [0.4, 0.5) is 0 Å². The number of aromatic nitrogens is 3. The maximum atomic E-state index is 13.0. The van der Waals surface area contributed by atoms with E-state index in [4.69, 9.17) is 5.26 Å². The highest BCUT2D eigenvalue weighted by molar-refractivity contribution is 7.89. The van der Waals surface area contributed by atoms with Crippen LogP contribution in [0, 0.1) is 25.2 Å². The summed E-state index contributed by atoms with van der Waals surface area (Å²) in [6.07, 6.45) is 1.73. The minimum Gasteiger partial charge on any atom is -0.271 e. The third-order valence-electron chi connectivity index (χ3n) is 3.58. The molecule has 0 saturated carbocycles. The van der Waals surface area contributed by atoms with Crippen LogP contribution >= 0.6 is 0 Å². The van der Waals surface area contributed by atoms with Crippen molar-refractivity contribution in [3.8, 4) is 6.07 Å². The average Bonchev–Trinajstić information content (AvgIpc) is 2.77. The summed E-state index contributed by atoms with van der Waals surface area (Å²) in [6.45, 7) is 3.63. The summed E-state index contributed by atoms with van der Waals surface area (Å²) in [4.78, 5) is 4.38. The van der Waals surface area contributed by atoms with Crippen molar-refractivity contribution in [3.63, 3.8) is 0 Å². The molecule has 0 fully saturated rings. The Balaban J connectivity index is 2.43. The van der Waals surface area contributed by atoms with Gasteiger partial charge in [0.25, 0.3) is 0 Å². The molecule has 2 heterocycles. The summed E-state index contributed by atoms with van der Waals surface area (Å²) in [5, 5.41) is 13.0. The maximum Gasteiger partial charge on any atom is 0.247 e. The fraction of sp³-hybridized carbons (Fsp3) is 0.400. The highest BCUT2D eigenvalue weighted by atomic mass is 32.2. The number of hydrogen-bond donors (Lipinski definition) is 0. The fourth-order valence-corrected chi connectivity index (χ4v) is 4.20. The van der Waals surface area contributed by atoms with E-state index in [9.17, 15) is 8.42 Å². The van der Waals surface area contributed by atoms with Gasteiger partial charge in [0, 0.05) is 26.2 Å². The number of nitriles is 1. The molecule has 0 aromatic carbocycles. The van der Waals surface area contributed by atoms with Gasteiger partial charge in [0.05, 0.1) is 29.7 Å². The Labute approximate surface area is 136 Å². The molecule has 8 heteroatoms. The van der Waals surface area contributed by atoms with Crippen molar-refractivity contribution in [2.45, 2.75) is 31.7 Å². The van der Waals surface area contributed by atoms with Crippen LogP contribution in [0.2, 0.25) is 0 Å². The topological polar surface area (TPSA) is 91.9 Å². The molecule has 0 aliphatic carbocycles. The molecule has 0 amide bonds. The Morgan fingerprint density at radius 1 is 1.35 bits per heavy atom. The molecule has 2 aromatic heterocycles. The molecule has 0 N–H and O–H groups in total. The van der Waals surface area contributed by atoms with Crippen LogP contribution < -0.4 is 0 Å². The Morgan fingerprint density at radius 2 is 2.09 bits per heavy atom. The van der Waals surface area contributed by atoms with Gasteiger partial charge in [-0.05, 0) is 26.0 Å². The lowest BCUT2D eigenvalue weighted by atomic mass is 10.3. The number of nitrogens with zero attached hydrogens (tertiary/aromatic N) is 5. The van der Waals surface area contributed by atoms with E-state index in [1.807, 2.05) is 6.07 Å². The summed E-state index contributed by atoms with van der Waals surface area (Å²) >= 11 is 0. The molecule has 2 aromatic rings. The molecule has 0 atom stereocenters. The summed E-state index contributed by atoms with van der Waals surface area (Å²) in [6, 6.07) is 7.33. The van der Waals surface area contributed by atoms with Gasteiger partial charge >= 0.3 is 0 Å². The van der Waals surface area contributed by atoms with Crippen LogP contribution in [0.15, 0.2) is 29.3 Å². The van der Waals surface area contributed by atoms with Crippen LogP contribution in [-0.4, -0.2) is 34.0 Å². The second-order valence-corrected chi connectivity index (χ2v) is 7.07. The standard InChI is InChI=1S/C15H19N5O2S/c1-12-15(13(2)19(3)18-12)23(21,22)20(10-6-8-16)11-14-7-4-5-9-17-14/h4-5,7,9H,6,10-11H2,1-3H3. The molecular weight excluding hydrogens is 314 g/mol. The van der Waals surface area contributed by atoms with E-state index in [-0.39, 0.29) is 24.4 Å². The van der Waals surface area contributed by atoms with Crippen LogP contribution in [-0.2, 0) is 23.6 Å². The lowest BCUT2D eigenvalue weighted by Crippen LogP contribution is -2.32. The number of aryl methyl sites for hydroxylation is 2. The fourth-order valence-electron chi connectivity index (χ4n) is 2.39. The Morgan fingerprint density at radius 3 is 2.61 bits per heavy atom. The predicted molar refractivity (Wildman–Crippen MR) is 84.7 cm³/mol. The van der Waals surface area contributed by atoms with Crippen molar-refractivity contribution in [1.29, 1.82) is 5.26 Å². The molecule has 0 unspecified atom stereocenters. The molecule has 0 saturated heterocycles. The van der Waals surface area contributed by atoms with Gasteiger partial charge in [0.1, 0.15) is 4.90 Å². The summed E-state index contributed by atoms with van der Waals surface area (Å²) in [5.74, 6) is 0. The summed E-state index contributed by atoms with van der Waals surface area (Å²) < 4.78 is 28.9. The highest BCUT2D eigenvalue weighted by Crippen LogP contribution is 2.24. The normalized spacial score (nSPS) is 11.6. The van der Waals surface area contributed by atoms with E-state index in [0.717, 1.165) is 0 Å². The Kier molecular flexibility index (Phi) is 5.13. The van der Waals surface area contributed by atoms with Gasteiger partial charge in [-0.1, -0.05) is 6.07 Å². The zero-order valence-corrected chi connectivity index (χ0v) is 14.2. The van der Waals surface area contributed by atoms with Crippen molar-refractivity contribution in [2.75, 3.05) is 6.54 Å². The Hall–Kier alpha value is -2.24. The van der Waals surface area contributed by atoms with Gasteiger partial charge < -0.3 is 0 Å². The molecule has 122 valence electrons. The van der Waals surface area contributed by atoms with E-state index in [2.05, 4.69) is 10.1 Å². The van der Waals surface area contributed by atoms with E-state index >= 15 is 0 Å². The van der Waals surface area contributed by atoms with E-state index in [1.54, 1.807) is 50.0 Å². The van der Waals surface area contributed by atoms with E-state index in [0.29, 0.717) is 17.1 Å². The van der Waals surface area contributed by atoms with Crippen LogP contribution in [0.1, 0.15) is 23.5 Å². The van der Waals surface area contributed by atoms with E-state index in [1.165, 1.54) is 4.31 Å². The smallest absolute Gasteiger partial charge is 0.247 e. The molecule has 0 aliphatic heterocycles. The van der Waals surface area contributed by atoms with Crippen molar-refractivity contribution in [1.82, 2.24) is 19.1 Å². The minimum atomic E-state index is -3.75. The average molecular weight is 333 g/mol. The van der Waals surface area contributed by atoms with Gasteiger partial charge in [-0.2, -0.15) is 14.7 Å². The number of pyridine rings is 1. The Bertz CT molecular complexity index is 822. The third-order valence-corrected chi connectivity index (χ3v) is 5.68. The van der Waals surface area contributed by atoms with Gasteiger partial charge in [0.2, 0.25) is 10.0 Å². The van der Waals surface area contributed by atoms with Crippen molar-refractivity contribution < 1.29 is 8.42 Å². The van der Waals surface area contributed by atoms with Gasteiger partial charge in [-0.25, -0.2) is 8.42 Å². The second kappa shape index (κ2) is 6.89. The third kappa shape index (κ3) is 3.57. The first-order chi connectivity index (χ1) is 10.9. The number of sulfonamides is 1. The first-order valence-electron chi connectivity index (χ1n) is 7.15. The lowest BCUT2D eigenvalue weighted by Gasteiger charge is -2.21. The predicted octanol–water partition coefficient (Wildman–Crippen LogP) is 1.54. The zero-order valence-electron chi connectivity index (χ0n) is 13.4. The molecule has 0 spiro atoms. The van der Waals surface area contributed by atoms with Gasteiger partial charge in [-0.3, -0.25) is 9.67 Å². The van der Waals surface area contributed by atoms with Gasteiger partial charge in [0.15, 0.2) is 0 Å². The molecular formula is C15H19N5O2S. The molecule has 2 rings (SSSR count). The highest BCUT2D eigenvalue weighted by Gasteiger charge is 2.30. The van der Waals surface area contributed by atoms with E-state index < -0.39 is 10.0 Å². The minimum absolute atomic E-state index is 0.114. The quantitative estimate of drug-likeness (QED) is 0.799. The molecule has 23 heavy (non-hydrogen) atoms. The first-order valence-corrected chi connectivity index (χ1v) is 8.59. The van der Waals surface area contributed by atoms with Crippen molar-refractivity contribution >= 4 is 10.0 Å². The molecule has 7 nitrogen and oxygen atoms in total. The van der Waals surface area contributed by atoms with Crippen molar-refractivity contribution in [2.24, 2.45) is 7.05 Å². The lowest BCUT2D eigenvalue weighted by molar-refractivity contribution is 0.408. The number of hydrogen-bond acceptors (Lipinski definition) is 5.